The van der Waals surface area contributed by atoms with Gasteiger partial charge in [-0.3, -0.25) is 4.79 Å². The van der Waals surface area contributed by atoms with E-state index in [-0.39, 0.29) is 12.5 Å². The van der Waals surface area contributed by atoms with E-state index in [1.165, 1.54) is 6.21 Å². The maximum absolute atomic E-state index is 11.9. The molecule has 0 spiro atoms. The number of rotatable bonds is 4. The molecule has 2 aromatic carbocycles. The first-order valence-corrected chi connectivity index (χ1v) is 6.37. The summed E-state index contributed by atoms with van der Waals surface area (Å²) in [5.41, 5.74) is 4.07. The number of aliphatic hydroxyl groups is 1. The second-order valence-corrected chi connectivity index (χ2v) is 4.44. The van der Waals surface area contributed by atoms with Gasteiger partial charge in [-0.1, -0.05) is 48.0 Å². The highest BCUT2D eigenvalue weighted by atomic mass is 35.5. The maximum atomic E-state index is 11.9. The third-order valence-electron chi connectivity index (χ3n) is 2.71. The van der Waals surface area contributed by atoms with E-state index in [0.717, 1.165) is 0 Å². The van der Waals surface area contributed by atoms with E-state index in [1.807, 2.05) is 12.1 Å². The van der Waals surface area contributed by atoms with Gasteiger partial charge in [0.15, 0.2) is 0 Å². The maximum Gasteiger partial charge on any atom is 0.271 e. The third-order valence-corrected chi connectivity index (χ3v) is 3.05. The number of benzene rings is 2. The van der Waals surface area contributed by atoms with Gasteiger partial charge in [0.1, 0.15) is 0 Å². The lowest BCUT2D eigenvalue weighted by molar-refractivity contribution is 0.0952. The molecule has 102 valence electrons. The molecule has 20 heavy (non-hydrogen) atoms. The van der Waals surface area contributed by atoms with Crippen molar-refractivity contribution in [2.75, 3.05) is 0 Å². The lowest BCUT2D eigenvalue weighted by atomic mass is 10.1. The number of carbonyl (C=O) groups excluding carboxylic acids is 1. The number of carbonyl (C=O) groups is 1. The minimum absolute atomic E-state index is 0.197. The first-order valence-electron chi connectivity index (χ1n) is 5.99. The van der Waals surface area contributed by atoms with E-state index in [9.17, 15) is 9.90 Å². The lowest BCUT2D eigenvalue weighted by Crippen LogP contribution is -2.19. The van der Waals surface area contributed by atoms with E-state index in [4.69, 9.17) is 11.6 Å². The highest BCUT2D eigenvalue weighted by molar-refractivity contribution is 6.33. The molecule has 0 fully saturated rings. The van der Waals surface area contributed by atoms with Crippen molar-refractivity contribution in [2.24, 2.45) is 5.10 Å². The number of nitrogens with zero attached hydrogens (tertiary/aromatic N) is 1. The van der Waals surface area contributed by atoms with Gasteiger partial charge in [0.2, 0.25) is 0 Å². The van der Waals surface area contributed by atoms with Gasteiger partial charge in [0, 0.05) is 16.1 Å². The van der Waals surface area contributed by atoms with Crippen molar-refractivity contribution in [2.45, 2.75) is 6.61 Å². The Balaban J connectivity index is 2.07. The van der Waals surface area contributed by atoms with E-state index < -0.39 is 0 Å². The zero-order valence-corrected chi connectivity index (χ0v) is 11.3. The van der Waals surface area contributed by atoms with E-state index in [2.05, 4.69) is 10.5 Å². The van der Waals surface area contributed by atoms with Gasteiger partial charge in [-0.25, -0.2) is 5.43 Å². The standard InChI is InChI=1S/C15H13ClN2O2/c16-14-8-4-2-5-11(14)9-17-18-15(20)13-7-3-1-6-12(13)10-19/h1-9,19H,10H2,(H,18,20)/b17-9+. The van der Waals surface area contributed by atoms with Crippen molar-refractivity contribution in [1.29, 1.82) is 0 Å². The Labute approximate surface area is 121 Å². The summed E-state index contributed by atoms with van der Waals surface area (Å²) in [6, 6.07) is 14.0. The molecule has 2 rings (SSSR count). The molecule has 0 unspecified atom stereocenters. The molecule has 5 heteroatoms. The van der Waals surface area contributed by atoms with Crippen molar-refractivity contribution < 1.29 is 9.90 Å². The van der Waals surface area contributed by atoms with Crippen LogP contribution in [-0.2, 0) is 6.61 Å². The Morgan fingerprint density at radius 2 is 1.90 bits per heavy atom. The fourth-order valence-corrected chi connectivity index (χ4v) is 1.86. The fraction of sp³-hybridized carbons (Fsp3) is 0.0667. The fourth-order valence-electron chi connectivity index (χ4n) is 1.68. The Bertz CT molecular complexity index is 641. The minimum atomic E-state index is -0.377. The zero-order chi connectivity index (χ0) is 14.4. The van der Waals surface area contributed by atoms with Crippen LogP contribution in [0.15, 0.2) is 53.6 Å². The summed E-state index contributed by atoms with van der Waals surface area (Å²) < 4.78 is 0. The number of hydrogen-bond donors (Lipinski definition) is 2. The Morgan fingerprint density at radius 3 is 2.65 bits per heavy atom. The second kappa shape index (κ2) is 6.84. The monoisotopic (exact) mass is 288 g/mol. The van der Waals surface area contributed by atoms with Gasteiger partial charge in [-0.15, -0.1) is 0 Å². The van der Waals surface area contributed by atoms with Crippen LogP contribution in [0.5, 0.6) is 0 Å². The van der Waals surface area contributed by atoms with Crippen molar-refractivity contribution in [3.05, 3.63) is 70.2 Å². The van der Waals surface area contributed by atoms with E-state index in [1.54, 1.807) is 36.4 Å². The lowest BCUT2D eigenvalue weighted by Gasteiger charge is -2.05. The molecule has 0 saturated carbocycles. The van der Waals surface area contributed by atoms with Crippen LogP contribution in [0.2, 0.25) is 5.02 Å². The average molecular weight is 289 g/mol. The molecular formula is C15H13ClN2O2. The summed E-state index contributed by atoms with van der Waals surface area (Å²) in [6.07, 6.45) is 1.47. The van der Waals surface area contributed by atoms with Gasteiger partial charge in [-0.05, 0) is 17.7 Å². The predicted octanol–water partition coefficient (Wildman–Crippen LogP) is 2.60. The van der Waals surface area contributed by atoms with Gasteiger partial charge in [0.25, 0.3) is 5.91 Å². The van der Waals surface area contributed by atoms with Crippen LogP contribution < -0.4 is 5.43 Å². The zero-order valence-electron chi connectivity index (χ0n) is 10.6. The van der Waals surface area contributed by atoms with Crippen molar-refractivity contribution in [3.63, 3.8) is 0 Å². The predicted molar refractivity (Wildman–Crippen MR) is 78.9 cm³/mol. The smallest absolute Gasteiger partial charge is 0.271 e. The van der Waals surface area contributed by atoms with Crippen LogP contribution in [0.3, 0.4) is 0 Å². The molecule has 0 heterocycles. The number of amides is 1. The second-order valence-electron chi connectivity index (χ2n) is 4.04. The molecule has 0 aromatic heterocycles. The summed E-state index contributed by atoms with van der Waals surface area (Å²) in [4.78, 5) is 11.9. The molecule has 0 radical (unpaired) electrons. The number of nitrogens with one attached hydrogen (secondary N) is 1. The molecule has 0 saturated heterocycles. The number of hydrazone groups is 1. The van der Waals surface area contributed by atoms with Crippen LogP contribution in [0.4, 0.5) is 0 Å². The molecule has 0 aliphatic rings. The first-order chi connectivity index (χ1) is 9.72. The largest absolute Gasteiger partial charge is 0.392 e. The molecule has 0 atom stereocenters. The van der Waals surface area contributed by atoms with E-state index >= 15 is 0 Å². The minimum Gasteiger partial charge on any atom is -0.392 e. The van der Waals surface area contributed by atoms with E-state index in [0.29, 0.717) is 21.7 Å². The number of aliphatic hydroxyl groups excluding tert-OH is 1. The quantitative estimate of drug-likeness (QED) is 0.671. The molecule has 2 aromatic rings. The van der Waals surface area contributed by atoms with Crippen molar-refractivity contribution >= 4 is 23.7 Å². The average Bonchev–Trinajstić information content (AvgIpc) is 2.49. The van der Waals surface area contributed by atoms with Crippen molar-refractivity contribution in [1.82, 2.24) is 5.43 Å². The van der Waals surface area contributed by atoms with Crippen LogP contribution in [-0.4, -0.2) is 17.2 Å². The topological polar surface area (TPSA) is 61.7 Å². The molecule has 2 N–H and O–H groups in total. The summed E-state index contributed by atoms with van der Waals surface area (Å²) in [5, 5.41) is 13.6. The van der Waals surface area contributed by atoms with Crippen LogP contribution in [0, 0.1) is 0 Å². The van der Waals surface area contributed by atoms with Gasteiger partial charge >= 0.3 is 0 Å². The summed E-state index contributed by atoms with van der Waals surface area (Å²) in [5.74, 6) is -0.377. The number of halogens is 1. The SMILES string of the molecule is O=C(N/N=C/c1ccccc1Cl)c1ccccc1CO. The highest BCUT2D eigenvalue weighted by Gasteiger charge is 2.08. The molecule has 0 aliphatic heterocycles. The first kappa shape index (κ1) is 14.2. The van der Waals surface area contributed by atoms with Crippen LogP contribution in [0.25, 0.3) is 0 Å². The molecule has 0 bridgehead atoms. The van der Waals surface area contributed by atoms with Crippen LogP contribution in [0.1, 0.15) is 21.5 Å². The van der Waals surface area contributed by atoms with Crippen LogP contribution >= 0.6 is 11.6 Å². The molecule has 4 nitrogen and oxygen atoms in total. The highest BCUT2D eigenvalue weighted by Crippen LogP contribution is 2.12. The Morgan fingerprint density at radius 1 is 1.20 bits per heavy atom. The van der Waals surface area contributed by atoms with Gasteiger partial charge in [-0.2, -0.15) is 5.10 Å². The molecular weight excluding hydrogens is 276 g/mol. The molecule has 1 amide bonds. The Hall–Kier alpha value is -2.17. The summed E-state index contributed by atoms with van der Waals surface area (Å²) >= 11 is 5.97. The Kier molecular flexibility index (Phi) is 4.87. The molecule has 0 aliphatic carbocycles. The summed E-state index contributed by atoms with van der Waals surface area (Å²) in [7, 11) is 0. The van der Waals surface area contributed by atoms with Crippen molar-refractivity contribution in [3.8, 4) is 0 Å². The van der Waals surface area contributed by atoms with Gasteiger partial charge < -0.3 is 5.11 Å². The third kappa shape index (κ3) is 3.44. The summed E-state index contributed by atoms with van der Waals surface area (Å²) in [6.45, 7) is -0.197. The normalized spacial score (nSPS) is 10.7. The number of hydrogen-bond acceptors (Lipinski definition) is 3. The van der Waals surface area contributed by atoms with Gasteiger partial charge in [0.05, 0.1) is 12.8 Å².